The molecule has 1 atom stereocenters. The van der Waals surface area contributed by atoms with E-state index >= 15 is 0 Å². The van der Waals surface area contributed by atoms with Crippen molar-refractivity contribution in [3.8, 4) is 0 Å². The van der Waals surface area contributed by atoms with Crippen molar-refractivity contribution in [3.63, 3.8) is 0 Å². The summed E-state index contributed by atoms with van der Waals surface area (Å²) in [4.78, 5) is 23.3. The number of amides is 1. The van der Waals surface area contributed by atoms with Gasteiger partial charge in [-0.3, -0.25) is 4.79 Å². The molecule has 0 aliphatic heterocycles. The minimum absolute atomic E-state index is 0.0282. The average Bonchev–Trinajstić information content (AvgIpc) is 2.73. The molecule has 0 aromatic carbocycles. The van der Waals surface area contributed by atoms with Gasteiger partial charge in [0, 0.05) is 4.88 Å². The number of carbonyl (C=O) groups excluding carboxylic acids is 1. The van der Waals surface area contributed by atoms with Gasteiger partial charge in [-0.15, -0.1) is 11.3 Å². The number of carbonyl (C=O) groups is 2. The summed E-state index contributed by atoms with van der Waals surface area (Å²) in [5.41, 5.74) is 0.385. The largest absolute Gasteiger partial charge is 0.478 e. The fraction of sp³-hybridized carbons (Fsp3) is 0.600. The first-order valence-electron chi connectivity index (χ1n) is 7.17. The van der Waals surface area contributed by atoms with Crippen LogP contribution in [-0.2, 0) is 17.6 Å². The lowest BCUT2D eigenvalue weighted by atomic mass is 9.72. The molecule has 1 aromatic heterocycles. The molecule has 128 valence electrons. The summed E-state index contributed by atoms with van der Waals surface area (Å²) in [6.45, 7) is 6.25. The summed E-state index contributed by atoms with van der Waals surface area (Å²) in [6.07, 6.45) is -3.16. The lowest BCUT2D eigenvalue weighted by Gasteiger charge is -2.33. The first-order valence-corrected chi connectivity index (χ1v) is 7.99. The van der Waals surface area contributed by atoms with Crippen LogP contribution >= 0.6 is 11.3 Å². The van der Waals surface area contributed by atoms with Gasteiger partial charge in [-0.25, -0.2) is 4.79 Å². The van der Waals surface area contributed by atoms with E-state index in [2.05, 4.69) is 20.8 Å². The van der Waals surface area contributed by atoms with Crippen molar-refractivity contribution in [1.29, 1.82) is 0 Å². The SMILES string of the molecule is CC(C)(C)C1CCc2c(sc(NC(=O)C(F)(F)F)c2C(=O)O)C1. The highest BCUT2D eigenvalue weighted by Gasteiger charge is 2.41. The number of carboxylic acids is 1. The van der Waals surface area contributed by atoms with E-state index in [1.54, 1.807) is 5.32 Å². The number of rotatable bonds is 2. The number of anilines is 1. The van der Waals surface area contributed by atoms with Gasteiger partial charge in [-0.2, -0.15) is 13.2 Å². The molecule has 0 saturated heterocycles. The summed E-state index contributed by atoms with van der Waals surface area (Å²) in [5.74, 6) is -3.14. The van der Waals surface area contributed by atoms with Crippen LogP contribution in [0.2, 0.25) is 0 Å². The molecule has 1 aliphatic rings. The standard InChI is InChI=1S/C15H18F3NO3S/c1-14(2,3)7-4-5-8-9(6-7)23-11(10(8)12(20)21)19-13(22)15(16,17)18/h7H,4-6H2,1-3H3,(H,19,22)(H,20,21). The Morgan fingerprint density at radius 1 is 1.26 bits per heavy atom. The number of aromatic carboxylic acids is 1. The van der Waals surface area contributed by atoms with Crippen LogP contribution in [0, 0.1) is 11.3 Å². The van der Waals surface area contributed by atoms with Crippen LogP contribution in [0.3, 0.4) is 0 Å². The van der Waals surface area contributed by atoms with Gasteiger partial charge in [-0.05, 0) is 36.2 Å². The number of fused-ring (bicyclic) bond motifs is 1. The van der Waals surface area contributed by atoms with E-state index < -0.39 is 18.1 Å². The number of hydrogen-bond donors (Lipinski definition) is 2. The number of alkyl halides is 3. The van der Waals surface area contributed by atoms with Crippen molar-refractivity contribution >= 4 is 28.2 Å². The van der Waals surface area contributed by atoms with Gasteiger partial charge in [0.05, 0.1) is 5.56 Å². The Morgan fingerprint density at radius 3 is 2.35 bits per heavy atom. The van der Waals surface area contributed by atoms with E-state index in [1.165, 1.54) is 0 Å². The first-order chi connectivity index (χ1) is 10.4. The van der Waals surface area contributed by atoms with Crippen LogP contribution in [0.1, 0.15) is 48.0 Å². The van der Waals surface area contributed by atoms with Gasteiger partial charge in [0.2, 0.25) is 0 Å². The zero-order chi connectivity index (χ0) is 17.6. The van der Waals surface area contributed by atoms with E-state index in [0.29, 0.717) is 24.3 Å². The second kappa shape index (κ2) is 5.81. The molecule has 1 heterocycles. The van der Waals surface area contributed by atoms with E-state index in [-0.39, 0.29) is 16.0 Å². The van der Waals surface area contributed by atoms with Crippen molar-refractivity contribution in [1.82, 2.24) is 0 Å². The van der Waals surface area contributed by atoms with Crippen LogP contribution in [0.25, 0.3) is 0 Å². The predicted molar refractivity (Wildman–Crippen MR) is 80.9 cm³/mol. The fourth-order valence-electron chi connectivity index (χ4n) is 2.81. The third-order valence-corrected chi connectivity index (χ3v) is 5.36. The molecule has 0 radical (unpaired) electrons. The van der Waals surface area contributed by atoms with Crippen molar-refractivity contribution in [2.24, 2.45) is 11.3 Å². The molecule has 0 spiro atoms. The highest BCUT2D eigenvalue weighted by atomic mass is 32.1. The summed E-state index contributed by atoms with van der Waals surface area (Å²) >= 11 is 0.942. The molecule has 0 saturated carbocycles. The van der Waals surface area contributed by atoms with Gasteiger partial charge < -0.3 is 10.4 Å². The maximum Gasteiger partial charge on any atom is 0.471 e. The van der Waals surface area contributed by atoms with E-state index in [9.17, 15) is 27.9 Å². The van der Waals surface area contributed by atoms with Gasteiger partial charge in [0.25, 0.3) is 0 Å². The molecule has 4 nitrogen and oxygen atoms in total. The van der Waals surface area contributed by atoms with Crippen LogP contribution in [0.5, 0.6) is 0 Å². The van der Waals surface area contributed by atoms with Gasteiger partial charge >= 0.3 is 18.1 Å². The normalized spacial score (nSPS) is 18.4. The topological polar surface area (TPSA) is 66.4 Å². The summed E-state index contributed by atoms with van der Waals surface area (Å²) < 4.78 is 37.2. The number of thiophene rings is 1. The minimum Gasteiger partial charge on any atom is -0.478 e. The van der Waals surface area contributed by atoms with Crippen molar-refractivity contribution in [2.45, 2.75) is 46.2 Å². The molecule has 1 aliphatic carbocycles. The zero-order valence-corrected chi connectivity index (χ0v) is 13.8. The molecule has 2 rings (SSSR count). The lowest BCUT2D eigenvalue weighted by Crippen LogP contribution is -2.30. The van der Waals surface area contributed by atoms with Crippen molar-refractivity contribution < 1.29 is 27.9 Å². The Morgan fingerprint density at radius 2 is 1.87 bits per heavy atom. The van der Waals surface area contributed by atoms with Crippen LogP contribution in [-0.4, -0.2) is 23.2 Å². The van der Waals surface area contributed by atoms with E-state index in [1.807, 2.05) is 0 Å². The van der Waals surface area contributed by atoms with Gasteiger partial charge in [0.15, 0.2) is 0 Å². The second-order valence-electron chi connectivity index (χ2n) is 6.77. The maximum absolute atomic E-state index is 12.4. The smallest absolute Gasteiger partial charge is 0.471 e. The monoisotopic (exact) mass is 349 g/mol. The second-order valence-corrected chi connectivity index (χ2v) is 7.88. The molecule has 1 amide bonds. The van der Waals surface area contributed by atoms with Crippen LogP contribution < -0.4 is 5.32 Å². The van der Waals surface area contributed by atoms with Gasteiger partial charge in [0.1, 0.15) is 5.00 Å². The molecule has 2 N–H and O–H groups in total. The summed E-state index contributed by atoms with van der Waals surface area (Å²) in [7, 11) is 0. The third kappa shape index (κ3) is 3.68. The average molecular weight is 349 g/mol. The van der Waals surface area contributed by atoms with Crippen molar-refractivity contribution in [3.05, 3.63) is 16.0 Å². The molecular formula is C15H18F3NO3S. The zero-order valence-electron chi connectivity index (χ0n) is 13.0. The maximum atomic E-state index is 12.4. The lowest BCUT2D eigenvalue weighted by molar-refractivity contribution is -0.167. The molecule has 1 aromatic rings. The molecule has 1 unspecified atom stereocenters. The fourth-order valence-corrected chi connectivity index (χ4v) is 4.13. The highest BCUT2D eigenvalue weighted by Crippen LogP contribution is 2.44. The number of nitrogens with one attached hydrogen (secondary N) is 1. The highest BCUT2D eigenvalue weighted by molar-refractivity contribution is 7.17. The molecule has 0 bridgehead atoms. The van der Waals surface area contributed by atoms with Crippen LogP contribution in [0.15, 0.2) is 0 Å². The number of hydrogen-bond acceptors (Lipinski definition) is 3. The summed E-state index contributed by atoms with van der Waals surface area (Å²) in [5, 5.41) is 10.8. The molecular weight excluding hydrogens is 331 g/mol. The Balaban J connectivity index is 2.37. The van der Waals surface area contributed by atoms with E-state index in [4.69, 9.17) is 0 Å². The quantitative estimate of drug-likeness (QED) is 0.845. The Hall–Kier alpha value is -1.57. The Bertz CT molecular complexity index is 644. The number of halogens is 3. The molecule has 0 fully saturated rings. The molecule has 8 heteroatoms. The first kappa shape index (κ1) is 17.8. The Kier molecular flexibility index (Phi) is 4.49. The summed E-state index contributed by atoms with van der Waals surface area (Å²) in [6, 6.07) is 0. The van der Waals surface area contributed by atoms with Crippen LogP contribution in [0.4, 0.5) is 18.2 Å². The predicted octanol–water partition coefficient (Wildman–Crippen LogP) is 4.10. The van der Waals surface area contributed by atoms with E-state index in [0.717, 1.165) is 22.6 Å². The molecule has 23 heavy (non-hydrogen) atoms. The minimum atomic E-state index is -5.05. The van der Waals surface area contributed by atoms with Crippen molar-refractivity contribution in [2.75, 3.05) is 5.32 Å². The Labute approximate surface area is 135 Å². The van der Waals surface area contributed by atoms with Gasteiger partial charge in [-0.1, -0.05) is 20.8 Å². The third-order valence-electron chi connectivity index (χ3n) is 4.19. The number of carboxylic acid groups (broad SMARTS) is 1.